The predicted molar refractivity (Wildman–Crippen MR) is 234 cm³/mol. The predicted octanol–water partition coefficient (Wildman–Crippen LogP) is 12.6. The molecule has 57 heavy (non-hydrogen) atoms. The number of alkyl halides is 1. The van der Waals surface area contributed by atoms with E-state index in [-0.39, 0.29) is 54.3 Å². The number of benzene rings is 1. The second kappa shape index (κ2) is 29.8. The molecule has 0 bridgehead atoms. The lowest BCUT2D eigenvalue weighted by Gasteiger charge is -2.45. The average molecular weight is 816 g/mol. The molecule has 3 rings (SSSR count). The zero-order chi connectivity index (χ0) is 41.0. The van der Waals surface area contributed by atoms with Crippen molar-refractivity contribution in [1.29, 1.82) is 0 Å². The van der Waals surface area contributed by atoms with Crippen LogP contribution in [0.1, 0.15) is 191 Å². The van der Waals surface area contributed by atoms with Crippen molar-refractivity contribution in [3.05, 3.63) is 54.1 Å². The van der Waals surface area contributed by atoms with E-state index in [4.69, 9.17) is 25.8 Å². The van der Waals surface area contributed by atoms with Gasteiger partial charge in [0.15, 0.2) is 0 Å². The minimum Gasteiger partial charge on any atom is -0.494 e. The third-order valence-electron chi connectivity index (χ3n) is 12.6. The molecule has 1 aromatic carbocycles. The molecule has 2 saturated carbocycles. The standard InChI is InChI=1S/C49H79ClO7/c1-3-5-6-7-8-9-10-11-12-13-14-15-16-17-20-23-36-55-41-32-30-40(31-33-41)48(54)57-38-37-56-47(53)29-22-19-18-21-26-42-43(45(51)39-44(42)50)27-24-28-46(52)49(4-2)34-25-35-49/h18,21,24,27,30-33,42-46,51-52H,3-17,19-20,22-23,25-26,28-29,34-39H2,1-2H3/b21-18-,27-24+/t42-,43-,44-,45-,46+/m1/s1. The molecule has 7 nitrogen and oxygen atoms in total. The number of esters is 2. The minimum absolute atomic E-state index is 0.00284. The van der Waals surface area contributed by atoms with Gasteiger partial charge in [-0.3, -0.25) is 4.79 Å². The van der Waals surface area contributed by atoms with Gasteiger partial charge in [0.25, 0.3) is 0 Å². The molecule has 8 heteroatoms. The molecule has 1 aromatic rings. The van der Waals surface area contributed by atoms with Crippen LogP contribution in [0.4, 0.5) is 0 Å². The molecule has 0 radical (unpaired) electrons. The molecule has 324 valence electrons. The van der Waals surface area contributed by atoms with E-state index < -0.39 is 12.1 Å². The summed E-state index contributed by atoms with van der Waals surface area (Å²) < 4.78 is 16.4. The number of unbranched alkanes of at least 4 members (excludes halogenated alkanes) is 16. The molecule has 2 aliphatic carbocycles. The summed E-state index contributed by atoms with van der Waals surface area (Å²) in [5.41, 5.74) is 0.508. The Balaban J connectivity index is 1.14. The number of hydrogen-bond donors (Lipinski definition) is 2. The highest BCUT2D eigenvalue weighted by molar-refractivity contribution is 6.21. The van der Waals surface area contributed by atoms with Gasteiger partial charge in [-0.2, -0.15) is 0 Å². The van der Waals surface area contributed by atoms with Crippen molar-refractivity contribution < 1.29 is 34.0 Å². The highest BCUT2D eigenvalue weighted by Crippen LogP contribution is 2.48. The van der Waals surface area contributed by atoms with Crippen LogP contribution in [-0.2, 0) is 14.3 Å². The van der Waals surface area contributed by atoms with E-state index in [9.17, 15) is 19.8 Å². The molecule has 0 spiro atoms. The van der Waals surface area contributed by atoms with Crippen molar-refractivity contribution in [2.45, 2.75) is 198 Å². The van der Waals surface area contributed by atoms with E-state index >= 15 is 0 Å². The van der Waals surface area contributed by atoms with Gasteiger partial charge >= 0.3 is 11.9 Å². The molecule has 0 unspecified atom stereocenters. The quantitative estimate of drug-likeness (QED) is 0.0315. The molecule has 0 saturated heterocycles. The van der Waals surface area contributed by atoms with E-state index in [1.165, 1.54) is 103 Å². The fourth-order valence-electron chi connectivity index (χ4n) is 8.54. The lowest BCUT2D eigenvalue weighted by atomic mass is 9.63. The Morgan fingerprint density at radius 1 is 0.789 bits per heavy atom. The van der Waals surface area contributed by atoms with E-state index in [2.05, 4.69) is 32.1 Å². The largest absolute Gasteiger partial charge is 0.494 e. The van der Waals surface area contributed by atoms with Crippen LogP contribution >= 0.6 is 11.6 Å². The van der Waals surface area contributed by atoms with Crippen LogP contribution in [0.5, 0.6) is 5.75 Å². The molecule has 2 N–H and O–H groups in total. The zero-order valence-corrected chi connectivity index (χ0v) is 36.6. The maximum atomic E-state index is 12.4. The van der Waals surface area contributed by atoms with Gasteiger partial charge in [0, 0.05) is 17.7 Å². The van der Waals surface area contributed by atoms with Gasteiger partial charge in [-0.05, 0) is 93.4 Å². The fourth-order valence-corrected chi connectivity index (χ4v) is 8.99. The Kier molecular flexibility index (Phi) is 25.6. The van der Waals surface area contributed by atoms with Gasteiger partial charge in [-0.15, -0.1) is 11.6 Å². The summed E-state index contributed by atoms with van der Waals surface area (Å²) in [4.78, 5) is 24.6. The van der Waals surface area contributed by atoms with Gasteiger partial charge in [0.05, 0.1) is 24.4 Å². The third-order valence-corrected chi connectivity index (χ3v) is 13.1. The number of carbonyl (C=O) groups is 2. The highest BCUT2D eigenvalue weighted by atomic mass is 35.5. The first-order valence-electron chi connectivity index (χ1n) is 23.2. The van der Waals surface area contributed by atoms with E-state index in [1.807, 2.05) is 6.08 Å². The summed E-state index contributed by atoms with van der Waals surface area (Å²) in [6, 6.07) is 6.99. The van der Waals surface area contributed by atoms with Crippen LogP contribution in [0.15, 0.2) is 48.6 Å². The topological polar surface area (TPSA) is 102 Å². The van der Waals surface area contributed by atoms with E-state index in [1.54, 1.807) is 24.3 Å². The van der Waals surface area contributed by atoms with Crippen molar-refractivity contribution in [3.63, 3.8) is 0 Å². The minimum atomic E-state index is -0.472. The number of allylic oxidation sites excluding steroid dienone is 2. The molecular weight excluding hydrogens is 736 g/mol. The summed E-state index contributed by atoms with van der Waals surface area (Å²) in [5.74, 6) is 0.0819. The average Bonchev–Trinajstić information content (AvgIpc) is 3.46. The van der Waals surface area contributed by atoms with Crippen LogP contribution in [-0.4, -0.2) is 59.6 Å². The fraction of sp³-hybridized carbons (Fsp3) is 0.755. The first-order valence-corrected chi connectivity index (χ1v) is 23.6. The lowest BCUT2D eigenvalue weighted by molar-refractivity contribution is -0.144. The highest BCUT2D eigenvalue weighted by Gasteiger charge is 2.42. The molecule has 2 fully saturated rings. The van der Waals surface area contributed by atoms with Crippen LogP contribution in [0.25, 0.3) is 0 Å². The Morgan fingerprint density at radius 2 is 1.39 bits per heavy atom. The Morgan fingerprint density at radius 3 is 1.96 bits per heavy atom. The van der Waals surface area contributed by atoms with Gasteiger partial charge in [0.2, 0.25) is 0 Å². The molecule has 5 atom stereocenters. The lowest BCUT2D eigenvalue weighted by Crippen LogP contribution is -2.40. The van der Waals surface area contributed by atoms with E-state index in [0.717, 1.165) is 44.3 Å². The number of aliphatic hydroxyl groups is 2. The molecule has 2 aliphatic rings. The van der Waals surface area contributed by atoms with Gasteiger partial charge < -0.3 is 24.4 Å². The summed E-state index contributed by atoms with van der Waals surface area (Å²) in [5, 5.41) is 21.3. The summed E-state index contributed by atoms with van der Waals surface area (Å²) in [7, 11) is 0. The van der Waals surface area contributed by atoms with Crippen molar-refractivity contribution in [2.75, 3.05) is 19.8 Å². The van der Waals surface area contributed by atoms with Crippen LogP contribution in [0, 0.1) is 17.3 Å². The van der Waals surface area contributed by atoms with Crippen molar-refractivity contribution in [2.24, 2.45) is 17.3 Å². The molecular formula is C49H79ClO7. The second-order valence-electron chi connectivity index (χ2n) is 16.9. The summed E-state index contributed by atoms with van der Waals surface area (Å²) >= 11 is 6.62. The molecule has 0 aromatic heterocycles. The number of halogens is 1. The number of carbonyl (C=O) groups excluding carboxylic acids is 2. The number of rotatable bonds is 33. The van der Waals surface area contributed by atoms with Gasteiger partial charge in [0.1, 0.15) is 19.0 Å². The summed E-state index contributed by atoms with van der Waals surface area (Å²) in [6.45, 7) is 5.14. The van der Waals surface area contributed by atoms with Crippen LogP contribution in [0.2, 0.25) is 0 Å². The molecule has 0 heterocycles. The Hall–Kier alpha value is -2.35. The maximum Gasteiger partial charge on any atom is 0.338 e. The SMILES string of the molecule is CCCCCCCCCCCCCCCCCCOc1ccc(C(=O)OCCOC(=O)CCC/C=C\C[C@@H]2[C@@H](/C=C/C[C@H](O)C3(CC)CCC3)[C@H](O)C[C@H]2Cl)cc1. The van der Waals surface area contributed by atoms with Crippen molar-refractivity contribution >= 4 is 23.5 Å². The smallest absolute Gasteiger partial charge is 0.338 e. The monoisotopic (exact) mass is 815 g/mol. The normalized spacial score (nSPS) is 20.9. The van der Waals surface area contributed by atoms with E-state index in [0.29, 0.717) is 31.4 Å². The number of hydrogen-bond acceptors (Lipinski definition) is 7. The van der Waals surface area contributed by atoms with Crippen LogP contribution in [0.3, 0.4) is 0 Å². The number of ether oxygens (including phenoxy) is 3. The first-order chi connectivity index (χ1) is 27.8. The van der Waals surface area contributed by atoms with Crippen molar-refractivity contribution in [3.8, 4) is 5.75 Å². The zero-order valence-electron chi connectivity index (χ0n) is 35.8. The third kappa shape index (κ3) is 19.5. The number of aliphatic hydroxyl groups excluding tert-OH is 2. The Labute approximate surface area is 351 Å². The second-order valence-corrected chi connectivity index (χ2v) is 17.5. The van der Waals surface area contributed by atoms with Crippen LogP contribution < -0.4 is 4.74 Å². The van der Waals surface area contributed by atoms with Gasteiger partial charge in [-0.1, -0.05) is 141 Å². The Bertz CT molecular complexity index is 1250. The molecule has 0 aliphatic heterocycles. The molecule has 0 amide bonds. The summed E-state index contributed by atoms with van der Waals surface area (Å²) in [6.07, 6.45) is 37.0. The van der Waals surface area contributed by atoms with Gasteiger partial charge in [-0.25, -0.2) is 4.79 Å². The first kappa shape index (κ1) is 49.0. The maximum absolute atomic E-state index is 12.4. The van der Waals surface area contributed by atoms with Crippen molar-refractivity contribution in [1.82, 2.24) is 0 Å².